The highest BCUT2D eigenvalue weighted by Crippen LogP contribution is 2.22. The number of aromatic nitrogens is 2. The number of aryl methyl sites for hydroxylation is 2. The van der Waals surface area contributed by atoms with Gasteiger partial charge < -0.3 is 15.4 Å². The summed E-state index contributed by atoms with van der Waals surface area (Å²) in [6.45, 7) is 3.82. The van der Waals surface area contributed by atoms with Crippen LogP contribution < -0.4 is 5.73 Å². The summed E-state index contributed by atoms with van der Waals surface area (Å²) in [6.07, 6.45) is 3.69. The molecule has 0 aliphatic rings. The van der Waals surface area contributed by atoms with Crippen LogP contribution in [0.15, 0.2) is 24.7 Å². The Morgan fingerprint density at radius 2 is 2.12 bits per heavy atom. The smallest absolute Gasteiger partial charge is 0.0995 e. The molecule has 4 nitrogen and oxygen atoms in total. The highest BCUT2D eigenvalue weighted by atomic mass is 16.3. The van der Waals surface area contributed by atoms with Crippen molar-refractivity contribution in [2.45, 2.75) is 20.5 Å². The van der Waals surface area contributed by atoms with Crippen LogP contribution in [0.4, 0.5) is 5.69 Å². The van der Waals surface area contributed by atoms with Crippen LogP contribution in [0.3, 0.4) is 0 Å². The lowest BCUT2D eigenvalue weighted by molar-refractivity contribution is 0.282. The number of anilines is 1. The minimum absolute atomic E-state index is 0.0474. The van der Waals surface area contributed by atoms with Crippen LogP contribution in [0.5, 0.6) is 0 Å². The van der Waals surface area contributed by atoms with Gasteiger partial charge in [0.1, 0.15) is 0 Å². The Hall–Kier alpha value is -1.81. The second kappa shape index (κ2) is 3.98. The van der Waals surface area contributed by atoms with Crippen molar-refractivity contribution in [2.75, 3.05) is 5.73 Å². The van der Waals surface area contributed by atoms with E-state index in [2.05, 4.69) is 4.98 Å². The third-order valence-corrected chi connectivity index (χ3v) is 2.64. The molecular formula is C12H15N3O. The molecule has 0 radical (unpaired) electrons. The first-order chi connectivity index (χ1) is 7.61. The van der Waals surface area contributed by atoms with E-state index in [9.17, 15) is 5.11 Å². The minimum Gasteiger partial charge on any atom is -0.398 e. The quantitative estimate of drug-likeness (QED) is 0.750. The summed E-state index contributed by atoms with van der Waals surface area (Å²) >= 11 is 0. The third kappa shape index (κ3) is 1.79. The fraction of sp³-hybridized carbons (Fsp3) is 0.250. The van der Waals surface area contributed by atoms with Gasteiger partial charge in [0.15, 0.2) is 0 Å². The van der Waals surface area contributed by atoms with Crippen molar-refractivity contribution in [2.24, 2.45) is 0 Å². The van der Waals surface area contributed by atoms with Crippen molar-refractivity contribution < 1.29 is 5.11 Å². The lowest BCUT2D eigenvalue weighted by Crippen LogP contribution is -2.00. The van der Waals surface area contributed by atoms with Gasteiger partial charge in [0.25, 0.3) is 0 Å². The van der Waals surface area contributed by atoms with Gasteiger partial charge in [0.05, 0.1) is 18.6 Å². The Bertz CT molecular complexity index is 517. The summed E-state index contributed by atoms with van der Waals surface area (Å²) in [5.41, 5.74) is 10.2. The highest BCUT2D eigenvalue weighted by molar-refractivity contribution is 5.58. The van der Waals surface area contributed by atoms with Crippen LogP contribution in [0, 0.1) is 13.8 Å². The Morgan fingerprint density at radius 3 is 2.69 bits per heavy atom. The van der Waals surface area contributed by atoms with Crippen molar-refractivity contribution in [3.8, 4) is 5.69 Å². The molecule has 3 N–H and O–H groups in total. The first-order valence-corrected chi connectivity index (χ1v) is 5.12. The van der Waals surface area contributed by atoms with Crippen molar-refractivity contribution in [1.29, 1.82) is 0 Å². The molecule has 0 bridgehead atoms. The van der Waals surface area contributed by atoms with E-state index in [1.54, 1.807) is 6.33 Å². The molecule has 0 saturated heterocycles. The van der Waals surface area contributed by atoms with Gasteiger partial charge in [-0.2, -0.15) is 0 Å². The number of aliphatic hydroxyl groups is 1. The number of hydrogen-bond donors (Lipinski definition) is 2. The molecule has 0 unspecified atom stereocenters. The van der Waals surface area contributed by atoms with Gasteiger partial charge in [-0.3, -0.25) is 0 Å². The normalized spacial score (nSPS) is 10.7. The van der Waals surface area contributed by atoms with E-state index in [0.717, 1.165) is 22.5 Å². The summed E-state index contributed by atoms with van der Waals surface area (Å²) in [5, 5.41) is 9.21. The molecule has 4 heteroatoms. The van der Waals surface area contributed by atoms with Crippen LogP contribution in [-0.4, -0.2) is 14.7 Å². The van der Waals surface area contributed by atoms with E-state index in [4.69, 9.17) is 5.73 Å². The van der Waals surface area contributed by atoms with E-state index in [0.29, 0.717) is 5.69 Å². The standard InChI is InChI=1S/C12H15N3O/c1-8-3-11(4-10(6-16)12(8)13)15-5-9(2)14-7-15/h3-5,7,16H,6,13H2,1-2H3. The molecule has 84 valence electrons. The average molecular weight is 217 g/mol. The molecule has 1 aromatic carbocycles. The zero-order chi connectivity index (χ0) is 11.7. The Morgan fingerprint density at radius 1 is 1.38 bits per heavy atom. The van der Waals surface area contributed by atoms with E-state index >= 15 is 0 Å². The van der Waals surface area contributed by atoms with Crippen LogP contribution >= 0.6 is 0 Å². The number of nitrogen functional groups attached to an aromatic ring is 1. The van der Waals surface area contributed by atoms with E-state index < -0.39 is 0 Å². The maximum atomic E-state index is 9.21. The second-order valence-corrected chi connectivity index (χ2v) is 3.92. The fourth-order valence-electron chi connectivity index (χ4n) is 1.69. The van der Waals surface area contributed by atoms with E-state index in [1.165, 1.54) is 0 Å². The molecular weight excluding hydrogens is 202 g/mol. The molecule has 1 aromatic heterocycles. The summed E-state index contributed by atoms with van der Waals surface area (Å²) in [6, 6.07) is 3.86. The predicted octanol–water partition coefficient (Wildman–Crippen LogP) is 1.56. The van der Waals surface area contributed by atoms with Gasteiger partial charge in [0, 0.05) is 23.1 Å². The fourth-order valence-corrected chi connectivity index (χ4v) is 1.69. The molecule has 1 heterocycles. The molecule has 16 heavy (non-hydrogen) atoms. The zero-order valence-corrected chi connectivity index (χ0v) is 9.44. The van der Waals surface area contributed by atoms with Gasteiger partial charge >= 0.3 is 0 Å². The van der Waals surface area contributed by atoms with Crippen LogP contribution in [-0.2, 0) is 6.61 Å². The molecule has 0 aliphatic carbocycles. The summed E-state index contributed by atoms with van der Waals surface area (Å²) in [4.78, 5) is 4.17. The summed E-state index contributed by atoms with van der Waals surface area (Å²) in [5.74, 6) is 0. The predicted molar refractivity (Wildman–Crippen MR) is 63.4 cm³/mol. The van der Waals surface area contributed by atoms with E-state index in [1.807, 2.05) is 36.7 Å². The third-order valence-electron chi connectivity index (χ3n) is 2.64. The van der Waals surface area contributed by atoms with Gasteiger partial charge in [0.2, 0.25) is 0 Å². The van der Waals surface area contributed by atoms with Gasteiger partial charge in [-0.15, -0.1) is 0 Å². The zero-order valence-electron chi connectivity index (χ0n) is 9.44. The van der Waals surface area contributed by atoms with Crippen LogP contribution in [0.1, 0.15) is 16.8 Å². The van der Waals surface area contributed by atoms with E-state index in [-0.39, 0.29) is 6.61 Å². The number of nitrogens with two attached hydrogens (primary N) is 1. The molecule has 0 amide bonds. The van der Waals surface area contributed by atoms with Gasteiger partial charge in [-0.25, -0.2) is 4.98 Å². The van der Waals surface area contributed by atoms with Crippen molar-refractivity contribution >= 4 is 5.69 Å². The topological polar surface area (TPSA) is 64.1 Å². The average Bonchev–Trinajstić information content (AvgIpc) is 2.69. The molecule has 2 aromatic rings. The number of rotatable bonds is 2. The first-order valence-electron chi connectivity index (χ1n) is 5.12. The molecule has 0 fully saturated rings. The Labute approximate surface area is 94.4 Å². The summed E-state index contributed by atoms with van der Waals surface area (Å²) in [7, 11) is 0. The van der Waals surface area contributed by atoms with Crippen molar-refractivity contribution in [3.63, 3.8) is 0 Å². The Balaban J connectivity index is 2.54. The molecule has 0 spiro atoms. The molecule has 0 saturated carbocycles. The number of imidazole rings is 1. The first kappa shape index (κ1) is 10.7. The highest BCUT2D eigenvalue weighted by Gasteiger charge is 2.06. The number of hydrogen-bond acceptors (Lipinski definition) is 3. The number of aliphatic hydroxyl groups excluding tert-OH is 1. The molecule has 0 atom stereocenters. The monoisotopic (exact) mass is 217 g/mol. The lowest BCUT2D eigenvalue weighted by atomic mass is 10.1. The molecule has 2 rings (SSSR count). The Kier molecular flexibility index (Phi) is 2.66. The maximum Gasteiger partial charge on any atom is 0.0995 e. The SMILES string of the molecule is Cc1cn(-c2cc(C)c(N)c(CO)c2)cn1. The van der Waals surface area contributed by atoms with Gasteiger partial charge in [-0.1, -0.05) is 0 Å². The largest absolute Gasteiger partial charge is 0.398 e. The minimum atomic E-state index is -0.0474. The lowest BCUT2D eigenvalue weighted by Gasteiger charge is -2.10. The van der Waals surface area contributed by atoms with Crippen molar-refractivity contribution in [3.05, 3.63) is 41.5 Å². The maximum absolute atomic E-state index is 9.21. The van der Waals surface area contributed by atoms with Gasteiger partial charge in [-0.05, 0) is 31.5 Å². The van der Waals surface area contributed by atoms with Crippen LogP contribution in [0.2, 0.25) is 0 Å². The number of nitrogens with zero attached hydrogens (tertiary/aromatic N) is 2. The second-order valence-electron chi connectivity index (χ2n) is 3.92. The van der Waals surface area contributed by atoms with Crippen LogP contribution in [0.25, 0.3) is 5.69 Å². The molecule has 0 aliphatic heterocycles. The summed E-state index contributed by atoms with van der Waals surface area (Å²) < 4.78 is 1.92. The number of benzene rings is 1. The van der Waals surface area contributed by atoms with Crippen molar-refractivity contribution in [1.82, 2.24) is 9.55 Å².